The molecule has 0 amide bonds. The second-order valence-electron chi connectivity index (χ2n) is 5.92. The monoisotopic (exact) mass is 276 g/mol. The van der Waals surface area contributed by atoms with Gasteiger partial charge in [0.2, 0.25) is 0 Å². The molecule has 0 heterocycles. The maximum atomic E-state index is 13.1. The lowest BCUT2D eigenvalue weighted by atomic mass is 9.73. The minimum Gasteiger partial charge on any atom is -0.388 e. The fraction of sp³-hybridized carbons (Fsp3) is 0.867. The lowest BCUT2D eigenvalue weighted by Gasteiger charge is -2.36. The Labute approximate surface area is 112 Å². The third-order valence-corrected chi connectivity index (χ3v) is 4.60. The van der Waals surface area contributed by atoms with Gasteiger partial charge in [0.05, 0.1) is 12.0 Å². The van der Waals surface area contributed by atoms with Crippen molar-refractivity contribution in [1.29, 1.82) is 0 Å². The third-order valence-electron chi connectivity index (χ3n) is 4.60. The molecule has 0 aromatic rings. The Hall–Kier alpha value is -0.510. The molecule has 2 aliphatic rings. The fourth-order valence-corrected chi connectivity index (χ4v) is 3.53. The molecule has 2 aliphatic carbocycles. The number of alkyl halides is 3. The maximum absolute atomic E-state index is 13.1. The van der Waals surface area contributed by atoms with E-state index in [1.807, 2.05) is 6.08 Å². The highest BCUT2D eigenvalue weighted by Gasteiger charge is 2.48. The number of aliphatic hydroxyl groups excluding tert-OH is 1. The maximum Gasteiger partial charge on any atom is 0.392 e. The van der Waals surface area contributed by atoms with Crippen LogP contribution in [0.2, 0.25) is 0 Å². The van der Waals surface area contributed by atoms with E-state index in [1.54, 1.807) is 0 Å². The zero-order chi connectivity index (χ0) is 13.9. The Balaban J connectivity index is 2.10. The summed E-state index contributed by atoms with van der Waals surface area (Å²) in [5, 5.41) is 10.4. The summed E-state index contributed by atoms with van der Waals surface area (Å²) in [5.41, 5.74) is 0.860. The molecule has 0 aromatic heterocycles. The van der Waals surface area contributed by atoms with Gasteiger partial charge in [-0.3, -0.25) is 0 Å². The van der Waals surface area contributed by atoms with Crippen LogP contribution in [0.5, 0.6) is 0 Å². The summed E-state index contributed by atoms with van der Waals surface area (Å²) in [6.45, 7) is 0. The predicted octanol–water partition coefficient (Wildman–Crippen LogP) is 4.61. The number of allylic oxidation sites excluding steroid dienone is 1. The first-order valence-electron chi connectivity index (χ1n) is 7.44. The smallest absolute Gasteiger partial charge is 0.388 e. The Morgan fingerprint density at radius 1 is 1.05 bits per heavy atom. The van der Waals surface area contributed by atoms with Crippen molar-refractivity contribution in [2.24, 2.45) is 11.8 Å². The summed E-state index contributed by atoms with van der Waals surface area (Å²) < 4.78 is 39.2. The molecule has 0 bridgehead atoms. The highest BCUT2D eigenvalue weighted by atomic mass is 19.4. The molecular weight excluding hydrogens is 253 g/mol. The zero-order valence-corrected chi connectivity index (χ0v) is 11.3. The molecule has 0 saturated heterocycles. The summed E-state index contributed by atoms with van der Waals surface area (Å²) in [4.78, 5) is 0. The Morgan fingerprint density at radius 2 is 1.79 bits per heavy atom. The number of hydrogen-bond acceptors (Lipinski definition) is 1. The number of hydrogen-bond donors (Lipinski definition) is 1. The summed E-state index contributed by atoms with van der Waals surface area (Å²) in [7, 11) is 0. The SMILES string of the molecule is OC(C1=CCCCCC1)C1CCCCC1C(F)(F)F. The van der Waals surface area contributed by atoms with Crippen molar-refractivity contribution in [2.45, 2.75) is 70.1 Å². The van der Waals surface area contributed by atoms with E-state index >= 15 is 0 Å². The van der Waals surface area contributed by atoms with Crippen LogP contribution in [-0.4, -0.2) is 17.4 Å². The molecule has 19 heavy (non-hydrogen) atoms. The van der Waals surface area contributed by atoms with Gasteiger partial charge in [-0.1, -0.05) is 25.3 Å². The molecule has 1 fully saturated rings. The van der Waals surface area contributed by atoms with Crippen LogP contribution >= 0.6 is 0 Å². The minimum absolute atomic E-state index is 0.179. The lowest BCUT2D eigenvalue weighted by Crippen LogP contribution is -2.40. The van der Waals surface area contributed by atoms with E-state index in [2.05, 4.69) is 0 Å². The normalized spacial score (nSPS) is 31.5. The van der Waals surface area contributed by atoms with E-state index in [-0.39, 0.29) is 6.42 Å². The summed E-state index contributed by atoms with van der Waals surface area (Å²) in [6.07, 6.45) is 3.91. The molecule has 1 saturated carbocycles. The molecule has 110 valence electrons. The largest absolute Gasteiger partial charge is 0.392 e. The summed E-state index contributed by atoms with van der Waals surface area (Å²) in [5.74, 6) is -1.95. The summed E-state index contributed by atoms with van der Waals surface area (Å²) in [6, 6.07) is 0. The molecule has 1 N–H and O–H groups in total. The van der Waals surface area contributed by atoms with Gasteiger partial charge in [-0.15, -0.1) is 0 Å². The van der Waals surface area contributed by atoms with Gasteiger partial charge < -0.3 is 5.11 Å². The van der Waals surface area contributed by atoms with E-state index in [9.17, 15) is 18.3 Å². The first-order chi connectivity index (χ1) is 9.00. The van der Waals surface area contributed by atoms with Crippen molar-refractivity contribution in [3.8, 4) is 0 Å². The molecule has 1 nitrogen and oxygen atoms in total. The van der Waals surface area contributed by atoms with Gasteiger partial charge in [0.1, 0.15) is 0 Å². The average Bonchev–Trinajstić information content (AvgIpc) is 2.66. The minimum atomic E-state index is -4.17. The standard InChI is InChI=1S/C15H23F3O/c16-15(17,18)13-10-6-5-9-12(13)14(19)11-7-3-1-2-4-8-11/h7,12-14,19H,1-6,8-10H2. The number of aliphatic hydroxyl groups is 1. The van der Waals surface area contributed by atoms with Gasteiger partial charge in [0, 0.05) is 5.92 Å². The van der Waals surface area contributed by atoms with Crippen LogP contribution in [0.3, 0.4) is 0 Å². The molecule has 0 spiro atoms. The molecule has 0 radical (unpaired) electrons. The van der Waals surface area contributed by atoms with Crippen LogP contribution in [-0.2, 0) is 0 Å². The second-order valence-corrected chi connectivity index (χ2v) is 5.92. The molecule has 0 aromatic carbocycles. The fourth-order valence-electron chi connectivity index (χ4n) is 3.53. The van der Waals surface area contributed by atoms with Crippen molar-refractivity contribution in [3.63, 3.8) is 0 Å². The third kappa shape index (κ3) is 3.74. The van der Waals surface area contributed by atoms with E-state index in [1.165, 1.54) is 0 Å². The first kappa shape index (κ1) is 14.9. The van der Waals surface area contributed by atoms with Crippen molar-refractivity contribution >= 4 is 0 Å². The lowest BCUT2D eigenvalue weighted by molar-refractivity contribution is -0.204. The molecule has 4 heteroatoms. The van der Waals surface area contributed by atoms with Crippen molar-refractivity contribution in [1.82, 2.24) is 0 Å². The van der Waals surface area contributed by atoms with E-state index in [0.29, 0.717) is 12.8 Å². The van der Waals surface area contributed by atoms with Gasteiger partial charge in [0.25, 0.3) is 0 Å². The Bertz CT molecular complexity index is 322. The van der Waals surface area contributed by atoms with Crippen LogP contribution in [0.15, 0.2) is 11.6 Å². The highest BCUT2D eigenvalue weighted by Crippen LogP contribution is 2.44. The van der Waals surface area contributed by atoms with Gasteiger partial charge in [0.15, 0.2) is 0 Å². The van der Waals surface area contributed by atoms with Crippen LogP contribution < -0.4 is 0 Å². The quantitative estimate of drug-likeness (QED) is 0.730. The van der Waals surface area contributed by atoms with Gasteiger partial charge in [-0.05, 0) is 44.1 Å². The summed E-state index contributed by atoms with van der Waals surface area (Å²) >= 11 is 0. The average molecular weight is 276 g/mol. The van der Waals surface area contributed by atoms with Gasteiger partial charge >= 0.3 is 6.18 Å². The van der Waals surface area contributed by atoms with Gasteiger partial charge in [-0.25, -0.2) is 0 Å². The van der Waals surface area contributed by atoms with Crippen LogP contribution in [0, 0.1) is 11.8 Å². The molecule has 3 unspecified atom stereocenters. The van der Waals surface area contributed by atoms with E-state index in [4.69, 9.17) is 0 Å². The zero-order valence-electron chi connectivity index (χ0n) is 11.3. The van der Waals surface area contributed by atoms with Crippen LogP contribution in [0.25, 0.3) is 0 Å². The molecule has 2 rings (SSSR count). The van der Waals surface area contributed by atoms with Crippen LogP contribution in [0.1, 0.15) is 57.8 Å². The van der Waals surface area contributed by atoms with Gasteiger partial charge in [-0.2, -0.15) is 13.2 Å². The molecular formula is C15H23F3O. The van der Waals surface area contributed by atoms with E-state index in [0.717, 1.165) is 44.1 Å². The van der Waals surface area contributed by atoms with Crippen molar-refractivity contribution in [3.05, 3.63) is 11.6 Å². The predicted molar refractivity (Wildman–Crippen MR) is 68.7 cm³/mol. The topological polar surface area (TPSA) is 20.2 Å². The van der Waals surface area contributed by atoms with Crippen molar-refractivity contribution in [2.75, 3.05) is 0 Å². The second kappa shape index (κ2) is 6.29. The van der Waals surface area contributed by atoms with E-state index < -0.39 is 24.1 Å². The number of halogens is 3. The Kier molecular flexibility index (Phi) is 4.93. The Morgan fingerprint density at radius 3 is 2.53 bits per heavy atom. The highest BCUT2D eigenvalue weighted by molar-refractivity contribution is 5.12. The number of rotatable bonds is 2. The molecule has 0 aliphatic heterocycles. The first-order valence-corrected chi connectivity index (χ1v) is 7.44. The molecule has 3 atom stereocenters. The van der Waals surface area contributed by atoms with Crippen molar-refractivity contribution < 1.29 is 18.3 Å². The van der Waals surface area contributed by atoms with Crippen LogP contribution in [0.4, 0.5) is 13.2 Å².